The molecule has 0 aliphatic carbocycles. The molecule has 0 radical (unpaired) electrons. The van der Waals surface area contributed by atoms with Crippen molar-refractivity contribution in [1.29, 1.82) is 0 Å². The number of benzene rings is 1. The first-order valence-corrected chi connectivity index (χ1v) is 5.52. The van der Waals surface area contributed by atoms with Crippen LogP contribution in [0.3, 0.4) is 0 Å². The molecule has 1 atom stereocenters. The molecule has 17 heavy (non-hydrogen) atoms. The third kappa shape index (κ3) is 3.63. The van der Waals surface area contributed by atoms with Crippen molar-refractivity contribution in [3.05, 3.63) is 29.8 Å². The molecular formula is C12H13F3O2. The second-order valence-corrected chi connectivity index (χ2v) is 3.97. The summed E-state index contributed by atoms with van der Waals surface area (Å²) in [6.45, 7) is 0.714. The fourth-order valence-electron chi connectivity index (χ4n) is 1.89. The maximum atomic E-state index is 11.9. The first kappa shape index (κ1) is 12.2. The average molecular weight is 246 g/mol. The van der Waals surface area contributed by atoms with E-state index in [0.717, 1.165) is 24.8 Å². The Bertz CT molecular complexity index is 353. The SMILES string of the molecule is FC(F)(F)Oc1ccc([C@H]2CCCCO2)cc1. The van der Waals surface area contributed by atoms with Gasteiger partial charge in [0, 0.05) is 6.61 Å². The van der Waals surface area contributed by atoms with Crippen LogP contribution in [0.1, 0.15) is 30.9 Å². The van der Waals surface area contributed by atoms with E-state index >= 15 is 0 Å². The van der Waals surface area contributed by atoms with Crippen molar-refractivity contribution < 1.29 is 22.6 Å². The summed E-state index contributed by atoms with van der Waals surface area (Å²) in [7, 11) is 0. The van der Waals surface area contributed by atoms with Crippen molar-refractivity contribution in [3.8, 4) is 5.75 Å². The van der Waals surface area contributed by atoms with E-state index in [9.17, 15) is 13.2 Å². The van der Waals surface area contributed by atoms with Crippen LogP contribution < -0.4 is 4.74 Å². The highest BCUT2D eigenvalue weighted by Gasteiger charge is 2.31. The molecule has 1 heterocycles. The Morgan fingerprint density at radius 2 is 1.82 bits per heavy atom. The molecule has 0 N–H and O–H groups in total. The molecule has 0 aromatic heterocycles. The van der Waals surface area contributed by atoms with E-state index in [4.69, 9.17) is 4.74 Å². The van der Waals surface area contributed by atoms with Crippen LogP contribution in [0.4, 0.5) is 13.2 Å². The van der Waals surface area contributed by atoms with Crippen LogP contribution in [0, 0.1) is 0 Å². The van der Waals surface area contributed by atoms with Gasteiger partial charge in [-0.1, -0.05) is 12.1 Å². The Kier molecular flexibility index (Phi) is 3.57. The predicted octanol–water partition coefficient (Wildman–Crippen LogP) is 3.83. The summed E-state index contributed by atoms with van der Waals surface area (Å²) in [5, 5.41) is 0. The second kappa shape index (κ2) is 4.96. The van der Waals surface area contributed by atoms with Crippen LogP contribution in [0.25, 0.3) is 0 Å². The van der Waals surface area contributed by atoms with Crippen molar-refractivity contribution in [2.24, 2.45) is 0 Å². The third-order valence-corrected chi connectivity index (χ3v) is 2.67. The van der Waals surface area contributed by atoms with E-state index in [2.05, 4.69) is 4.74 Å². The highest BCUT2D eigenvalue weighted by atomic mass is 19.4. The van der Waals surface area contributed by atoms with Crippen molar-refractivity contribution in [3.63, 3.8) is 0 Å². The van der Waals surface area contributed by atoms with Gasteiger partial charge in [-0.05, 0) is 37.0 Å². The lowest BCUT2D eigenvalue weighted by Crippen LogP contribution is -2.17. The zero-order chi connectivity index (χ0) is 12.3. The summed E-state index contributed by atoms with van der Waals surface area (Å²) < 4.78 is 45.2. The number of alkyl halides is 3. The van der Waals surface area contributed by atoms with Crippen LogP contribution in [0.5, 0.6) is 5.75 Å². The molecule has 1 aromatic carbocycles. The monoisotopic (exact) mass is 246 g/mol. The molecule has 5 heteroatoms. The molecule has 1 aromatic rings. The third-order valence-electron chi connectivity index (χ3n) is 2.67. The van der Waals surface area contributed by atoms with Crippen molar-refractivity contribution in [2.75, 3.05) is 6.61 Å². The first-order valence-electron chi connectivity index (χ1n) is 5.52. The highest BCUT2D eigenvalue weighted by molar-refractivity contribution is 5.28. The Morgan fingerprint density at radius 3 is 2.35 bits per heavy atom. The summed E-state index contributed by atoms with van der Waals surface area (Å²) in [4.78, 5) is 0. The van der Waals surface area contributed by atoms with E-state index < -0.39 is 6.36 Å². The Hall–Kier alpha value is -1.23. The van der Waals surface area contributed by atoms with Gasteiger partial charge in [-0.3, -0.25) is 0 Å². The van der Waals surface area contributed by atoms with Crippen molar-refractivity contribution in [1.82, 2.24) is 0 Å². The van der Waals surface area contributed by atoms with Gasteiger partial charge in [0.15, 0.2) is 0 Å². The molecule has 0 unspecified atom stereocenters. The van der Waals surface area contributed by atoms with E-state index in [1.165, 1.54) is 12.1 Å². The maximum Gasteiger partial charge on any atom is 0.573 e. The zero-order valence-corrected chi connectivity index (χ0v) is 9.17. The lowest BCUT2D eigenvalue weighted by atomic mass is 10.0. The van der Waals surface area contributed by atoms with Gasteiger partial charge in [0.2, 0.25) is 0 Å². The lowest BCUT2D eigenvalue weighted by molar-refractivity contribution is -0.274. The number of rotatable bonds is 2. The number of hydrogen-bond donors (Lipinski definition) is 0. The lowest BCUT2D eigenvalue weighted by Gasteiger charge is -2.23. The van der Waals surface area contributed by atoms with Gasteiger partial charge < -0.3 is 9.47 Å². The standard InChI is InChI=1S/C12H13F3O2/c13-12(14,15)17-10-6-4-9(5-7-10)11-3-1-2-8-16-11/h4-7,11H,1-3,8H2/t11-/m1/s1. The number of ether oxygens (including phenoxy) is 2. The van der Waals surface area contributed by atoms with Crippen LogP contribution >= 0.6 is 0 Å². The van der Waals surface area contributed by atoms with E-state index in [-0.39, 0.29) is 11.9 Å². The van der Waals surface area contributed by atoms with Gasteiger partial charge in [0.1, 0.15) is 5.75 Å². The van der Waals surface area contributed by atoms with Crippen molar-refractivity contribution in [2.45, 2.75) is 31.7 Å². The van der Waals surface area contributed by atoms with Crippen molar-refractivity contribution >= 4 is 0 Å². The van der Waals surface area contributed by atoms with Gasteiger partial charge in [0.05, 0.1) is 6.10 Å². The van der Waals surface area contributed by atoms with E-state index in [1.807, 2.05) is 0 Å². The summed E-state index contributed by atoms with van der Waals surface area (Å²) in [6, 6.07) is 5.88. The summed E-state index contributed by atoms with van der Waals surface area (Å²) in [5.74, 6) is -0.197. The summed E-state index contributed by atoms with van der Waals surface area (Å²) >= 11 is 0. The molecule has 0 saturated carbocycles. The minimum atomic E-state index is -4.64. The Balaban J connectivity index is 2.02. The Labute approximate surface area is 97.3 Å². The quantitative estimate of drug-likeness (QED) is 0.789. The van der Waals surface area contributed by atoms with Crippen LogP contribution in [0.2, 0.25) is 0 Å². The zero-order valence-electron chi connectivity index (χ0n) is 9.17. The molecule has 2 nitrogen and oxygen atoms in total. The first-order chi connectivity index (χ1) is 8.04. The molecule has 0 amide bonds. The van der Waals surface area contributed by atoms with Crippen LogP contribution in [0.15, 0.2) is 24.3 Å². The van der Waals surface area contributed by atoms with E-state index in [1.54, 1.807) is 12.1 Å². The smallest absolute Gasteiger partial charge is 0.406 e. The fourth-order valence-corrected chi connectivity index (χ4v) is 1.89. The molecule has 1 aliphatic heterocycles. The molecule has 1 saturated heterocycles. The maximum absolute atomic E-state index is 11.9. The van der Waals surface area contributed by atoms with Gasteiger partial charge in [-0.2, -0.15) is 0 Å². The van der Waals surface area contributed by atoms with Gasteiger partial charge in [0.25, 0.3) is 0 Å². The largest absolute Gasteiger partial charge is 0.573 e. The molecule has 0 spiro atoms. The minimum absolute atomic E-state index is 0.00341. The van der Waals surface area contributed by atoms with Gasteiger partial charge >= 0.3 is 6.36 Å². The van der Waals surface area contributed by atoms with Crippen LogP contribution in [-0.4, -0.2) is 13.0 Å². The molecule has 1 aliphatic rings. The minimum Gasteiger partial charge on any atom is -0.406 e. The molecule has 0 bridgehead atoms. The number of hydrogen-bond acceptors (Lipinski definition) is 2. The molecule has 2 rings (SSSR count). The van der Waals surface area contributed by atoms with Gasteiger partial charge in [-0.15, -0.1) is 13.2 Å². The summed E-state index contributed by atoms with van der Waals surface area (Å²) in [5.41, 5.74) is 0.902. The Morgan fingerprint density at radius 1 is 1.12 bits per heavy atom. The van der Waals surface area contributed by atoms with Crippen LogP contribution in [-0.2, 0) is 4.74 Å². The highest BCUT2D eigenvalue weighted by Crippen LogP contribution is 2.30. The second-order valence-electron chi connectivity index (χ2n) is 3.97. The molecule has 94 valence electrons. The van der Waals surface area contributed by atoms with E-state index in [0.29, 0.717) is 6.61 Å². The average Bonchev–Trinajstić information content (AvgIpc) is 2.29. The summed E-state index contributed by atoms with van der Waals surface area (Å²) in [6.07, 6.45) is -1.58. The normalized spacial score (nSPS) is 21.2. The molecular weight excluding hydrogens is 233 g/mol. The van der Waals surface area contributed by atoms with Gasteiger partial charge in [-0.25, -0.2) is 0 Å². The number of halogens is 3. The topological polar surface area (TPSA) is 18.5 Å². The predicted molar refractivity (Wildman–Crippen MR) is 55.7 cm³/mol. The molecule has 1 fully saturated rings. The fraction of sp³-hybridized carbons (Fsp3) is 0.500.